The van der Waals surface area contributed by atoms with E-state index in [-0.39, 0.29) is 41.0 Å². The fourth-order valence-corrected chi connectivity index (χ4v) is 3.44. The first kappa shape index (κ1) is 18.8. The van der Waals surface area contributed by atoms with Crippen LogP contribution in [0.2, 0.25) is 0 Å². The Morgan fingerprint density at radius 1 is 1.42 bits per heavy atom. The maximum Gasteiger partial charge on any atom is 0.446 e. The summed E-state index contributed by atoms with van der Waals surface area (Å²) in [6.45, 7) is 0.901. The smallest absolute Gasteiger partial charge is 0.364 e. The highest BCUT2D eigenvalue weighted by molar-refractivity contribution is 8.00. The molecule has 5 nitrogen and oxygen atoms in total. The minimum absolute atomic E-state index is 0.00543. The van der Waals surface area contributed by atoms with Crippen molar-refractivity contribution in [2.45, 2.75) is 29.0 Å². The van der Waals surface area contributed by atoms with Gasteiger partial charge in [0.2, 0.25) is 0 Å². The van der Waals surface area contributed by atoms with E-state index >= 15 is 0 Å². The topological polar surface area (TPSA) is 67.4 Å². The van der Waals surface area contributed by atoms with Crippen LogP contribution in [0, 0.1) is 11.8 Å². The van der Waals surface area contributed by atoms with Gasteiger partial charge in [0.25, 0.3) is 0 Å². The molecule has 0 radical (unpaired) electrons. The first-order valence-corrected chi connectivity index (χ1v) is 8.78. The van der Waals surface area contributed by atoms with Crippen LogP contribution in [-0.4, -0.2) is 47.0 Å². The van der Waals surface area contributed by atoms with Gasteiger partial charge in [0.05, 0.1) is 23.0 Å². The van der Waals surface area contributed by atoms with E-state index in [9.17, 15) is 17.6 Å². The van der Waals surface area contributed by atoms with Crippen LogP contribution in [0.25, 0.3) is 5.52 Å². The molecule has 2 atom stereocenters. The molecule has 1 aliphatic heterocycles. The number of alkyl halides is 4. The molecular formula is C16H17F4N5S. The van der Waals surface area contributed by atoms with Crippen molar-refractivity contribution >= 4 is 23.1 Å². The summed E-state index contributed by atoms with van der Waals surface area (Å²) in [6, 6.07) is 4.34. The van der Waals surface area contributed by atoms with Crippen LogP contribution >= 0.6 is 11.8 Å². The van der Waals surface area contributed by atoms with Gasteiger partial charge < -0.3 is 16.4 Å². The number of nitrogens with zero attached hydrogens (tertiary/aromatic N) is 2. The number of hydrogen-bond acceptors (Lipinski definition) is 5. The molecule has 0 bridgehead atoms. The van der Waals surface area contributed by atoms with Crippen LogP contribution in [0.4, 0.5) is 23.4 Å². The van der Waals surface area contributed by atoms with E-state index < -0.39 is 17.7 Å². The van der Waals surface area contributed by atoms with Gasteiger partial charge in [-0.25, -0.2) is 8.91 Å². The third-order valence-electron chi connectivity index (χ3n) is 3.88. The van der Waals surface area contributed by atoms with Crippen molar-refractivity contribution in [3.63, 3.8) is 0 Å². The number of anilines is 1. The van der Waals surface area contributed by atoms with Crippen molar-refractivity contribution in [2.75, 3.05) is 25.0 Å². The molecule has 0 amide bonds. The highest BCUT2D eigenvalue weighted by Crippen LogP contribution is 2.41. The second-order valence-corrected chi connectivity index (χ2v) is 6.77. The van der Waals surface area contributed by atoms with Gasteiger partial charge in [0, 0.05) is 6.54 Å². The predicted molar refractivity (Wildman–Crippen MR) is 92.8 cm³/mol. The van der Waals surface area contributed by atoms with Crippen molar-refractivity contribution in [3.05, 3.63) is 23.9 Å². The monoisotopic (exact) mass is 387 g/mol. The third-order valence-corrected chi connectivity index (χ3v) is 4.72. The number of halogens is 4. The van der Waals surface area contributed by atoms with Crippen LogP contribution < -0.4 is 16.4 Å². The molecule has 1 saturated heterocycles. The summed E-state index contributed by atoms with van der Waals surface area (Å²) in [6.07, 6.45) is -0.543. The molecular weight excluding hydrogens is 370 g/mol. The lowest BCUT2D eigenvalue weighted by atomic mass is 10.1. The lowest BCUT2D eigenvalue weighted by molar-refractivity contribution is -0.0327. The Morgan fingerprint density at radius 2 is 2.23 bits per heavy atom. The van der Waals surface area contributed by atoms with E-state index in [1.165, 1.54) is 10.6 Å². The Kier molecular flexibility index (Phi) is 5.60. The third kappa shape index (κ3) is 4.23. The molecule has 140 valence electrons. The van der Waals surface area contributed by atoms with E-state index in [0.717, 1.165) is 0 Å². The number of rotatable bonds is 3. The molecule has 0 aromatic carbocycles. The molecule has 10 heteroatoms. The van der Waals surface area contributed by atoms with Crippen molar-refractivity contribution in [1.29, 1.82) is 0 Å². The van der Waals surface area contributed by atoms with Crippen LogP contribution in [0.15, 0.2) is 23.1 Å². The highest BCUT2D eigenvalue weighted by Gasteiger charge is 2.33. The van der Waals surface area contributed by atoms with Gasteiger partial charge in [-0.2, -0.15) is 18.3 Å². The first-order valence-electron chi connectivity index (χ1n) is 7.97. The van der Waals surface area contributed by atoms with Gasteiger partial charge >= 0.3 is 5.51 Å². The molecule has 2 aromatic rings. The molecule has 2 aromatic heterocycles. The minimum Gasteiger partial charge on any atom is -0.364 e. The van der Waals surface area contributed by atoms with Crippen LogP contribution in [0.3, 0.4) is 0 Å². The molecule has 0 saturated carbocycles. The van der Waals surface area contributed by atoms with E-state index in [1.54, 1.807) is 12.1 Å². The van der Waals surface area contributed by atoms with Crippen molar-refractivity contribution in [2.24, 2.45) is 5.73 Å². The molecule has 4 N–H and O–H groups in total. The Labute approximate surface area is 151 Å². The summed E-state index contributed by atoms with van der Waals surface area (Å²) < 4.78 is 54.3. The molecule has 3 heterocycles. The number of nitrogens with one attached hydrogen (secondary N) is 2. The Bertz CT molecular complexity index is 839. The molecule has 1 fully saturated rings. The van der Waals surface area contributed by atoms with Gasteiger partial charge in [-0.3, -0.25) is 0 Å². The average Bonchev–Trinajstić information content (AvgIpc) is 2.92. The van der Waals surface area contributed by atoms with Crippen molar-refractivity contribution < 1.29 is 17.6 Å². The quantitative estimate of drug-likeness (QED) is 0.429. The minimum atomic E-state index is -4.48. The second-order valence-electron chi connectivity index (χ2n) is 5.70. The Hall–Kier alpha value is -1.96. The second kappa shape index (κ2) is 7.73. The number of piperidine rings is 1. The summed E-state index contributed by atoms with van der Waals surface area (Å²) in [4.78, 5) is -0.0933. The summed E-state index contributed by atoms with van der Waals surface area (Å²) in [7, 11) is 0. The molecule has 0 aliphatic carbocycles. The number of fused-ring (bicyclic) bond motifs is 1. The molecule has 1 unspecified atom stereocenters. The summed E-state index contributed by atoms with van der Waals surface area (Å²) in [5.74, 6) is 5.54. The maximum atomic E-state index is 14.1. The number of hydrogen-bond donors (Lipinski definition) is 3. The van der Waals surface area contributed by atoms with Crippen LogP contribution in [0.1, 0.15) is 12.1 Å². The van der Waals surface area contributed by atoms with E-state index in [4.69, 9.17) is 5.73 Å². The summed E-state index contributed by atoms with van der Waals surface area (Å²) in [5.41, 5.74) is 1.09. The average molecular weight is 387 g/mol. The van der Waals surface area contributed by atoms with Gasteiger partial charge in [-0.1, -0.05) is 12.0 Å². The highest BCUT2D eigenvalue weighted by atomic mass is 32.2. The number of aromatic nitrogens is 2. The molecule has 0 spiro atoms. The van der Waals surface area contributed by atoms with E-state index in [0.29, 0.717) is 18.8 Å². The predicted octanol–water partition coefficient (Wildman–Crippen LogP) is 2.37. The van der Waals surface area contributed by atoms with Crippen LogP contribution in [0.5, 0.6) is 0 Å². The number of pyridine rings is 1. The van der Waals surface area contributed by atoms with Crippen LogP contribution in [-0.2, 0) is 0 Å². The molecule has 3 rings (SSSR count). The van der Waals surface area contributed by atoms with Gasteiger partial charge in [-0.15, -0.1) is 0 Å². The normalized spacial score (nSPS) is 20.7. The molecule has 1 aliphatic rings. The fraction of sp³-hybridized carbons (Fsp3) is 0.438. The largest absolute Gasteiger partial charge is 0.446 e. The number of nitrogens with two attached hydrogens (primary N) is 1. The zero-order valence-electron chi connectivity index (χ0n) is 13.6. The van der Waals surface area contributed by atoms with Crippen molar-refractivity contribution in [1.82, 2.24) is 14.9 Å². The maximum absolute atomic E-state index is 14.1. The zero-order valence-corrected chi connectivity index (χ0v) is 14.4. The first-order chi connectivity index (χ1) is 12.4. The number of thioether (sulfide) groups is 1. The lowest BCUT2D eigenvalue weighted by Crippen LogP contribution is -2.45. The lowest BCUT2D eigenvalue weighted by Gasteiger charge is -2.28. The SMILES string of the molecule is NCC#Cc1nn2c(N[C@@H]3CCNCC3F)cccc2c1SC(F)(F)F. The summed E-state index contributed by atoms with van der Waals surface area (Å²) >= 11 is -0.269. The van der Waals surface area contributed by atoms with Crippen molar-refractivity contribution in [3.8, 4) is 11.8 Å². The zero-order chi connectivity index (χ0) is 18.7. The fourth-order valence-electron chi connectivity index (χ4n) is 2.76. The van der Waals surface area contributed by atoms with Gasteiger partial charge in [0.1, 0.15) is 17.7 Å². The standard InChI is InChI=1S/C16H17F4N5S/c17-10-9-22-8-6-11(10)23-14-5-1-4-13-15(26-16(18,19)20)12(3-2-7-21)24-25(13)14/h1,4-5,10-11,22-23H,6-9,21H2/t10?,11-/m1/s1. The van der Waals surface area contributed by atoms with Gasteiger partial charge in [0.15, 0.2) is 0 Å². The Balaban J connectivity index is 2.03. The summed E-state index contributed by atoms with van der Waals surface area (Å²) in [5, 5.41) is 10.2. The molecule has 26 heavy (non-hydrogen) atoms. The van der Waals surface area contributed by atoms with E-state index in [1.807, 2.05) is 0 Å². The van der Waals surface area contributed by atoms with E-state index in [2.05, 4.69) is 27.6 Å². The Morgan fingerprint density at radius 3 is 2.92 bits per heavy atom. The van der Waals surface area contributed by atoms with Gasteiger partial charge in [-0.05, 0) is 42.8 Å².